The third kappa shape index (κ3) is 3.79. The van der Waals surface area contributed by atoms with Crippen LogP contribution in [0.2, 0.25) is 0 Å². The van der Waals surface area contributed by atoms with Crippen molar-refractivity contribution in [1.29, 1.82) is 0 Å². The van der Waals surface area contributed by atoms with E-state index in [9.17, 15) is 5.11 Å². The van der Waals surface area contributed by atoms with Gasteiger partial charge in [0.2, 0.25) is 0 Å². The minimum atomic E-state index is -0.123. The van der Waals surface area contributed by atoms with Gasteiger partial charge in [0.05, 0.1) is 6.10 Å². The second kappa shape index (κ2) is 5.34. The summed E-state index contributed by atoms with van der Waals surface area (Å²) < 4.78 is 0. The average Bonchev–Trinajstić information content (AvgIpc) is 2.18. The maximum Gasteiger partial charge on any atom is 0.0568 e. The Kier molecular flexibility index (Phi) is 4.64. The zero-order chi connectivity index (χ0) is 11.5. The first-order chi connectivity index (χ1) is 6.93. The number of aliphatic hydroxyl groups is 1. The molecule has 1 fully saturated rings. The summed E-state index contributed by atoms with van der Waals surface area (Å²) in [6.07, 6.45) is 7.80. The Balaban J connectivity index is 2.48. The van der Waals surface area contributed by atoms with Crippen LogP contribution in [0, 0.1) is 17.3 Å². The molecule has 0 heterocycles. The predicted octanol–water partition coefficient (Wildman–Crippen LogP) is 4.00. The number of hydrogen-bond acceptors (Lipinski definition) is 1. The van der Waals surface area contributed by atoms with Gasteiger partial charge in [-0.25, -0.2) is 0 Å². The molecule has 15 heavy (non-hydrogen) atoms. The molecule has 0 aromatic rings. The van der Waals surface area contributed by atoms with Crippen LogP contribution in [0.25, 0.3) is 0 Å². The van der Waals surface area contributed by atoms with Crippen LogP contribution in [0.5, 0.6) is 0 Å². The van der Waals surface area contributed by atoms with Gasteiger partial charge in [-0.05, 0) is 36.5 Å². The van der Waals surface area contributed by atoms with Crippen molar-refractivity contribution in [2.24, 2.45) is 17.3 Å². The molecule has 0 aliphatic heterocycles. The summed E-state index contributed by atoms with van der Waals surface area (Å²) in [4.78, 5) is 0. The van der Waals surface area contributed by atoms with Gasteiger partial charge in [0.15, 0.2) is 0 Å². The van der Waals surface area contributed by atoms with Gasteiger partial charge in [-0.2, -0.15) is 0 Å². The monoisotopic (exact) mass is 212 g/mol. The van der Waals surface area contributed by atoms with Gasteiger partial charge >= 0.3 is 0 Å². The first kappa shape index (κ1) is 13.0. The van der Waals surface area contributed by atoms with E-state index in [4.69, 9.17) is 0 Å². The van der Waals surface area contributed by atoms with Crippen molar-refractivity contribution >= 4 is 0 Å². The lowest BCUT2D eigenvalue weighted by molar-refractivity contribution is 0.0379. The maximum atomic E-state index is 9.99. The van der Waals surface area contributed by atoms with Crippen molar-refractivity contribution in [3.63, 3.8) is 0 Å². The fourth-order valence-electron chi connectivity index (χ4n) is 2.83. The Hall–Kier alpha value is -0.0400. The van der Waals surface area contributed by atoms with E-state index in [1.165, 1.54) is 32.1 Å². The topological polar surface area (TPSA) is 20.2 Å². The van der Waals surface area contributed by atoms with Crippen molar-refractivity contribution in [1.82, 2.24) is 0 Å². The normalized spacial score (nSPS) is 22.0. The molecular weight excluding hydrogens is 184 g/mol. The SMILES string of the molecule is CC(C)[C@@H](O)CC(C)(C)C1CCCCC1. The average molecular weight is 212 g/mol. The molecule has 0 radical (unpaired) electrons. The van der Waals surface area contributed by atoms with Gasteiger partial charge in [-0.1, -0.05) is 47.0 Å². The highest BCUT2D eigenvalue weighted by atomic mass is 16.3. The first-order valence-electron chi connectivity index (χ1n) is 6.61. The Bertz CT molecular complexity index is 178. The van der Waals surface area contributed by atoms with Gasteiger partial charge < -0.3 is 5.11 Å². The van der Waals surface area contributed by atoms with E-state index in [-0.39, 0.29) is 6.10 Å². The highest BCUT2D eigenvalue weighted by Gasteiger charge is 2.32. The molecule has 1 nitrogen and oxygen atoms in total. The maximum absolute atomic E-state index is 9.99. The molecule has 0 saturated heterocycles. The third-order valence-electron chi connectivity index (χ3n) is 4.22. The second-order valence-corrected chi connectivity index (χ2v) is 6.34. The molecule has 0 bridgehead atoms. The van der Waals surface area contributed by atoms with E-state index in [0.717, 1.165) is 12.3 Å². The minimum Gasteiger partial charge on any atom is -0.393 e. The molecule has 1 saturated carbocycles. The van der Waals surface area contributed by atoms with Crippen LogP contribution >= 0.6 is 0 Å². The van der Waals surface area contributed by atoms with E-state index < -0.39 is 0 Å². The Morgan fingerprint density at radius 2 is 1.67 bits per heavy atom. The molecule has 0 aromatic heterocycles. The molecule has 0 unspecified atom stereocenters. The van der Waals surface area contributed by atoms with Crippen LogP contribution in [-0.4, -0.2) is 11.2 Å². The molecule has 1 aliphatic rings. The van der Waals surface area contributed by atoms with Gasteiger partial charge in [-0.15, -0.1) is 0 Å². The van der Waals surface area contributed by atoms with Crippen LogP contribution in [-0.2, 0) is 0 Å². The van der Waals surface area contributed by atoms with Crippen molar-refractivity contribution in [3.8, 4) is 0 Å². The first-order valence-corrected chi connectivity index (χ1v) is 6.61. The van der Waals surface area contributed by atoms with E-state index in [1.54, 1.807) is 0 Å². The number of rotatable bonds is 4. The summed E-state index contributed by atoms with van der Waals surface area (Å²) in [5.41, 5.74) is 0.324. The fourth-order valence-corrected chi connectivity index (χ4v) is 2.83. The molecule has 1 N–H and O–H groups in total. The van der Waals surface area contributed by atoms with Crippen molar-refractivity contribution in [2.45, 2.75) is 72.3 Å². The smallest absolute Gasteiger partial charge is 0.0568 e. The standard InChI is InChI=1S/C14H28O/c1-11(2)13(15)10-14(3,4)12-8-6-5-7-9-12/h11-13,15H,5-10H2,1-4H3/t13-/m0/s1. The van der Waals surface area contributed by atoms with Gasteiger partial charge in [-0.3, -0.25) is 0 Å². The molecule has 0 spiro atoms. The van der Waals surface area contributed by atoms with E-state index in [1.807, 2.05) is 0 Å². The van der Waals surface area contributed by atoms with Crippen molar-refractivity contribution in [3.05, 3.63) is 0 Å². The number of hydrogen-bond donors (Lipinski definition) is 1. The van der Waals surface area contributed by atoms with E-state index in [2.05, 4.69) is 27.7 Å². The van der Waals surface area contributed by atoms with Crippen LogP contribution in [0.1, 0.15) is 66.2 Å². The van der Waals surface area contributed by atoms with Gasteiger partial charge in [0, 0.05) is 0 Å². The lowest BCUT2D eigenvalue weighted by Gasteiger charge is -2.39. The van der Waals surface area contributed by atoms with E-state index >= 15 is 0 Å². The molecule has 1 heteroatoms. The van der Waals surface area contributed by atoms with Crippen LogP contribution in [0.4, 0.5) is 0 Å². The Morgan fingerprint density at radius 3 is 2.13 bits per heavy atom. The summed E-state index contributed by atoms with van der Waals surface area (Å²) in [5, 5.41) is 9.99. The van der Waals surface area contributed by atoms with E-state index in [0.29, 0.717) is 11.3 Å². The second-order valence-electron chi connectivity index (χ2n) is 6.34. The van der Waals surface area contributed by atoms with Gasteiger partial charge in [0.25, 0.3) is 0 Å². The Labute approximate surface area is 95.3 Å². The summed E-state index contributed by atoms with van der Waals surface area (Å²) in [6.45, 7) is 8.91. The zero-order valence-corrected chi connectivity index (χ0v) is 10.9. The predicted molar refractivity (Wildman–Crippen MR) is 65.8 cm³/mol. The van der Waals surface area contributed by atoms with Crippen LogP contribution < -0.4 is 0 Å². The molecule has 1 aliphatic carbocycles. The number of aliphatic hydroxyl groups excluding tert-OH is 1. The minimum absolute atomic E-state index is 0.123. The molecule has 0 aromatic carbocycles. The lowest BCUT2D eigenvalue weighted by Crippen LogP contribution is -2.32. The Morgan fingerprint density at radius 1 is 1.13 bits per heavy atom. The zero-order valence-electron chi connectivity index (χ0n) is 10.9. The summed E-state index contributed by atoms with van der Waals surface area (Å²) in [6, 6.07) is 0. The molecular formula is C14H28O. The van der Waals surface area contributed by atoms with Crippen LogP contribution in [0.15, 0.2) is 0 Å². The molecule has 1 atom stereocenters. The molecule has 90 valence electrons. The van der Waals surface area contributed by atoms with Gasteiger partial charge in [0.1, 0.15) is 0 Å². The summed E-state index contributed by atoms with van der Waals surface area (Å²) >= 11 is 0. The fraction of sp³-hybridized carbons (Fsp3) is 1.00. The van der Waals surface area contributed by atoms with Crippen LogP contribution in [0.3, 0.4) is 0 Å². The highest BCUT2D eigenvalue weighted by molar-refractivity contribution is 4.83. The quantitative estimate of drug-likeness (QED) is 0.747. The largest absolute Gasteiger partial charge is 0.393 e. The summed E-state index contributed by atoms with van der Waals surface area (Å²) in [7, 11) is 0. The highest BCUT2D eigenvalue weighted by Crippen LogP contribution is 2.41. The summed E-state index contributed by atoms with van der Waals surface area (Å²) in [5.74, 6) is 1.23. The molecule has 0 amide bonds. The lowest BCUT2D eigenvalue weighted by atomic mass is 9.68. The van der Waals surface area contributed by atoms with Crippen molar-refractivity contribution in [2.75, 3.05) is 0 Å². The van der Waals surface area contributed by atoms with Crippen molar-refractivity contribution < 1.29 is 5.11 Å². The molecule has 1 rings (SSSR count). The third-order valence-corrected chi connectivity index (χ3v) is 4.22.